The van der Waals surface area contributed by atoms with E-state index in [0.717, 1.165) is 32.1 Å². The van der Waals surface area contributed by atoms with Crippen LogP contribution in [0.1, 0.15) is 31.2 Å². The Kier molecular flexibility index (Phi) is 6.32. The van der Waals surface area contributed by atoms with E-state index in [0.29, 0.717) is 43.4 Å². The summed E-state index contributed by atoms with van der Waals surface area (Å²) in [4.78, 5) is 35.8. The van der Waals surface area contributed by atoms with Crippen LogP contribution < -0.4 is 34.2 Å². The number of furan rings is 1. The lowest BCUT2D eigenvalue weighted by molar-refractivity contribution is -0.880. The van der Waals surface area contributed by atoms with Crippen molar-refractivity contribution in [2.75, 3.05) is 51.5 Å². The number of benzene rings is 1. The lowest BCUT2D eigenvalue weighted by Crippen LogP contribution is -3.12. The molecule has 3 aromatic rings. The van der Waals surface area contributed by atoms with Crippen molar-refractivity contribution in [3.8, 4) is 11.5 Å². The van der Waals surface area contributed by atoms with Gasteiger partial charge >= 0.3 is 5.97 Å². The van der Waals surface area contributed by atoms with E-state index in [-0.39, 0.29) is 19.0 Å². The standard InChI is InChI=1S/C27H28N4O6S/c1-4-34-26(33)23-16(2)28-27-31(24(23)17-5-7-19-20(13-17)36-15-35-19)25(32)21(38-27)14-18-6-8-22(37-18)30-11-9-29(3)10-12-30/h5-8,13-14,24H,4,9-12,15H2,1-3H3/p+1. The highest BCUT2D eigenvalue weighted by atomic mass is 32.1. The van der Waals surface area contributed by atoms with Crippen molar-refractivity contribution in [1.29, 1.82) is 0 Å². The number of nitrogens with one attached hydrogen (secondary N) is 1. The molecular weight excluding hydrogens is 508 g/mol. The second-order valence-corrected chi connectivity index (χ2v) is 10.5. The number of allylic oxidation sites excluding steroid dienone is 1. The number of fused-ring (bicyclic) bond motifs is 2. The molecule has 11 heteroatoms. The van der Waals surface area contributed by atoms with Crippen molar-refractivity contribution in [2.24, 2.45) is 4.99 Å². The number of aromatic nitrogens is 1. The number of nitrogens with zero attached hydrogens (tertiary/aromatic N) is 3. The van der Waals surface area contributed by atoms with Crippen LogP contribution in [0.4, 0.5) is 5.88 Å². The number of carbonyl (C=O) groups excluding carboxylic acids is 1. The van der Waals surface area contributed by atoms with E-state index in [1.54, 1.807) is 36.6 Å². The summed E-state index contributed by atoms with van der Waals surface area (Å²) in [6, 6.07) is 8.53. The van der Waals surface area contributed by atoms with Gasteiger partial charge in [-0.1, -0.05) is 17.4 Å². The number of ether oxygens (including phenoxy) is 3. The minimum absolute atomic E-state index is 0.127. The first-order valence-electron chi connectivity index (χ1n) is 12.7. The monoisotopic (exact) mass is 537 g/mol. The molecule has 0 saturated carbocycles. The van der Waals surface area contributed by atoms with Gasteiger partial charge in [0.2, 0.25) is 6.79 Å². The van der Waals surface area contributed by atoms with Crippen molar-refractivity contribution < 1.29 is 28.3 Å². The van der Waals surface area contributed by atoms with E-state index in [1.165, 1.54) is 16.2 Å². The molecule has 0 amide bonds. The smallest absolute Gasteiger partial charge is 0.338 e. The predicted molar refractivity (Wildman–Crippen MR) is 141 cm³/mol. The summed E-state index contributed by atoms with van der Waals surface area (Å²) < 4.78 is 24.5. The molecule has 0 spiro atoms. The fourth-order valence-electron chi connectivity index (χ4n) is 5.02. The summed E-state index contributed by atoms with van der Waals surface area (Å²) in [5, 5.41) is 0. The third-order valence-corrected chi connectivity index (χ3v) is 8.03. The van der Waals surface area contributed by atoms with Crippen LogP contribution in [-0.2, 0) is 9.53 Å². The Labute approximate surface area is 222 Å². The second-order valence-electron chi connectivity index (χ2n) is 9.54. The summed E-state index contributed by atoms with van der Waals surface area (Å²) in [5.74, 6) is 2.08. The van der Waals surface area contributed by atoms with Crippen molar-refractivity contribution >= 4 is 29.3 Å². The van der Waals surface area contributed by atoms with E-state index in [4.69, 9.17) is 18.6 Å². The maximum atomic E-state index is 13.8. The van der Waals surface area contributed by atoms with E-state index in [1.807, 2.05) is 18.2 Å². The summed E-state index contributed by atoms with van der Waals surface area (Å²) in [6.07, 6.45) is 1.74. The molecule has 0 aliphatic carbocycles. The highest BCUT2D eigenvalue weighted by Gasteiger charge is 2.34. The number of hydrogen-bond donors (Lipinski definition) is 1. The number of carbonyl (C=O) groups is 1. The Morgan fingerprint density at radius 1 is 1.21 bits per heavy atom. The fourth-order valence-corrected chi connectivity index (χ4v) is 6.04. The third kappa shape index (κ3) is 4.31. The Morgan fingerprint density at radius 2 is 2.00 bits per heavy atom. The van der Waals surface area contributed by atoms with Gasteiger partial charge < -0.3 is 28.4 Å². The highest BCUT2D eigenvalue weighted by molar-refractivity contribution is 7.07. The third-order valence-electron chi connectivity index (χ3n) is 7.04. The largest absolute Gasteiger partial charge is 0.463 e. The molecule has 3 aliphatic rings. The molecule has 1 fully saturated rings. The number of quaternary nitrogens is 1. The molecule has 1 aromatic carbocycles. The molecule has 0 bridgehead atoms. The lowest BCUT2D eigenvalue weighted by atomic mass is 9.95. The zero-order chi connectivity index (χ0) is 26.4. The number of anilines is 1. The van der Waals surface area contributed by atoms with Gasteiger partial charge in [0, 0.05) is 12.1 Å². The van der Waals surface area contributed by atoms with Crippen LogP contribution in [0.5, 0.6) is 11.5 Å². The van der Waals surface area contributed by atoms with Gasteiger partial charge in [0.25, 0.3) is 5.56 Å². The van der Waals surface area contributed by atoms with Crippen LogP contribution in [-0.4, -0.2) is 57.2 Å². The molecule has 1 saturated heterocycles. The number of thiazole rings is 1. The number of hydrogen-bond acceptors (Lipinski definition) is 9. The number of esters is 1. The first-order chi connectivity index (χ1) is 18.4. The van der Waals surface area contributed by atoms with Crippen molar-refractivity contribution in [2.45, 2.75) is 19.9 Å². The summed E-state index contributed by atoms with van der Waals surface area (Å²) >= 11 is 1.27. The van der Waals surface area contributed by atoms with Crippen LogP contribution in [0, 0.1) is 0 Å². The van der Waals surface area contributed by atoms with Crippen LogP contribution in [0.25, 0.3) is 6.08 Å². The normalized spacial score (nSPS) is 19.5. The molecule has 1 unspecified atom stereocenters. The van der Waals surface area contributed by atoms with Gasteiger partial charge in [-0.2, -0.15) is 0 Å². The second kappa shape index (κ2) is 9.80. The van der Waals surface area contributed by atoms with Crippen LogP contribution in [0.15, 0.2) is 55.8 Å². The molecule has 10 nitrogen and oxygen atoms in total. The van der Waals surface area contributed by atoms with Gasteiger partial charge in [-0.3, -0.25) is 9.36 Å². The van der Waals surface area contributed by atoms with E-state index in [9.17, 15) is 9.59 Å². The van der Waals surface area contributed by atoms with Gasteiger partial charge in [-0.05, 0) is 37.6 Å². The Hall–Kier alpha value is -3.83. The van der Waals surface area contributed by atoms with Gasteiger partial charge in [0.05, 0.1) is 61.7 Å². The summed E-state index contributed by atoms with van der Waals surface area (Å²) in [5.41, 5.74) is 1.28. The molecule has 5 heterocycles. The lowest BCUT2D eigenvalue weighted by Gasteiger charge is -2.29. The van der Waals surface area contributed by atoms with Gasteiger partial charge in [0.15, 0.2) is 22.2 Å². The van der Waals surface area contributed by atoms with Gasteiger partial charge in [0.1, 0.15) is 5.76 Å². The minimum atomic E-state index is -0.720. The molecular formula is C27H29N4O6S+. The minimum Gasteiger partial charge on any atom is -0.463 e. The zero-order valence-electron chi connectivity index (χ0n) is 21.5. The zero-order valence-corrected chi connectivity index (χ0v) is 22.3. The van der Waals surface area contributed by atoms with Crippen molar-refractivity contribution in [3.63, 3.8) is 0 Å². The number of piperazine rings is 1. The molecule has 1 N–H and O–H groups in total. The van der Waals surface area contributed by atoms with E-state index < -0.39 is 12.0 Å². The highest BCUT2D eigenvalue weighted by Crippen LogP contribution is 2.38. The molecule has 2 aromatic heterocycles. The van der Waals surface area contributed by atoms with Gasteiger partial charge in [-0.15, -0.1) is 0 Å². The first kappa shape index (κ1) is 24.5. The average molecular weight is 538 g/mol. The molecule has 0 radical (unpaired) electrons. The van der Waals surface area contributed by atoms with E-state index >= 15 is 0 Å². The summed E-state index contributed by atoms with van der Waals surface area (Å²) in [6.45, 7) is 7.80. The quantitative estimate of drug-likeness (QED) is 0.472. The average Bonchev–Trinajstić information content (AvgIpc) is 3.63. The van der Waals surface area contributed by atoms with Gasteiger partial charge in [-0.25, -0.2) is 9.79 Å². The van der Waals surface area contributed by atoms with Crippen LogP contribution in [0.3, 0.4) is 0 Å². The summed E-state index contributed by atoms with van der Waals surface area (Å²) in [7, 11) is 2.19. The molecule has 38 heavy (non-hydrogen) atoms. The SMILES string of the molecule is CCOC(=O)C1=C(C)N=c2sc(=Cc3ccc(N4CC[NH+](C)CC4)o3)c(=O)n2C1c1ccc2c(c1)OCO2. The van der Waals surface area contributed by atoms with E-state index in [2.05, 4.69) is 16.9 Å². The molecule has 3 aliphatic heterocycles. The maximum absolute atomic E-state index is 13.8. The topological polar surface area (TPSA) is 99.9 Å². The Balaban J connectivity index is 1.43. The first-order valence-corrected chi connectivity index (χ1v) is 13.5. The Morgan fingerprint density at radius 3 is 2.79 bits per heavy atom. The number of rotatable bonds is 5. The van der Waals surface area contributed by atoms with Crippen molar-refractivity contribution in [1.82, 2.24) is 4.57 Å². The number of likely N-dealkylation sites (N-methyl/N-ethyl adjacent to an activating group) is 1. The van der Waals surface area contributed by atoms with Crippen molar-refractivity contribution in [3.05, 3.63) is 72.6 Å². The molecule has 198 valence electrons. The fraction of sp³-hybridized carbons (Fsp3) is 0.370. The Bertz CT molecular complexity index is 1610. The maximum Gasteiger partial charge on any atom is 0.338 e. The molecule has 1 atom stereocenters. The van der Waals surface area contributed by atoms with Crippen LogP contribution >= 0.6 is 11.3 Å². The molecule has 6 rings (SSSR count). The predicted octanol–water partition coefficient (Wildman–Crippen LogP) is 0.455. The van der Waals surface area contributed by atoms with Crippen LogP contribution in [0.2, 0.25) is 0 Å².